The molecular formula is C13H19N3O3S. The predicted octanol–water partition coefficient (Wildman–Crippen LogP) is 1.20. The third kappa shape index (κ3) is 3.23. The van der Waals surface area contributed by atoms with Gasteiger partial charge in [-0.25, -0.2) is 0 Å². The van der Waals surface area contributed by atoms with E-state index in [0.29, 0.717) is 24.7 Å². The molecule has 0 radical (unpaired) electrons. The highest BCUT2D eigenvalue weighted by molar-refractivity contribution is 7.80. The van der Waals surface area contributed by atoms with Gasteiger partial charge in [-0.05, 0) is 12.2 Å². The molecule has 1 saturated heterocycles. The van der Waals surface area contributed by atoms with Gasteiger partial charge >= 0.3 is 0 Å². The molecule has 1 heterocycles. The number of anilines is 2. The Morgan fingerprint density at radius 1 is 1.25 bits per heavy atom. The molecule has 6 nitrogen and oxygen atoms in total. The van der Waals surface area contributed by atoms with Crippen molar-refractivity contribution in [2.75, 3.05) is 50.7 Å². The van der Waals surface area contributed by atoms with Gasteiger partial charge in [-0.2, -0.15) is 0 Å². The minimum absolute atomic E-state index is 0.185. The first kappa shape index (κ1) is 14.7. The standard InChI is InChI=1S/C13H19N3O3S/c1-17-11-8-10(16-3-5-19-6-4-16)12(18-2)7-9(11)15-13(14)20/h7-8H,3-6H2,1-2H3,(H3,14,15,20). The molecule has 110 valence electrons. The summed E-state index contributed by atoms with van der Waals surface area (Å²) < 4.78 is 16.2. The van der Waals surface area contributed by atoms with Gasteiger partial charge in [-0.15, -0.1) is 0 Å². The lowest BCUT2D eigenvalue weighted by atomic mass is 10.2. The van der Waals surface area contributed by atoms with Crippen LogP contribution < -0.4 is 25.4 Å². The maximum atomic E-state index is 5.52. The fourth-order valence-corrected chi connectivity index (χ4v) is 2.27. The van der Waals surface area contributed by atoms with Crippen molar-refractivity contribution in [3.8, 4) is 11.5 Å². The smallest absolute Gasteiger partial charge is 0.168 e. The molecule has 1 aromatic carbocycles. The van der Waals surface area contributed by atoms with Crippen molar-refractivity contribution in [2.24, 2.45) is 5.73 Å². The molecule has 0 aliphatic carbocycles. The Balaban J connectivity index is 2.37. The molecule has 0 bridgehead atoms. The number of nitrogens with two attached hydrogens (primary N) is 1. The van der Waals surface area contributed by atoms with Crippen LogP contribution >= 0.6 is 12.2 Å². The summed E-state index contributed by atoms with van der Waals surface area (Å²) >= 11 is 4.87. The predicted molar refractivity (Wildman–Crippen MR) is 83.0 cm³/mol. The van der Waals surface area contributed by atoms with Crippen LogP contribution in [0.3, 0.4) is 0 Å². The van der Waals surface area contributed by atoms with Crippen molar-refractivity contribution in [1.82, 2.24) is 0 Å². The van der Waals surface area contributed by atoms with Crippen LogP contribution in [0.15, 0.2) is 12.1 Å². The topological polar surface area (TPSA) is 69.0 Å². The van der Waals surface area contributed by atoms with Crippen LogP contribution in [0.4, 0.5) is 11.4 Å². The first-order chi connectivity index (χ1) is 9.65. The van der Waals surface area contributed by atoms with Crippen LogP contribution in [0.1, 0.15) is 0 Å². The van der Waals surface area contributed by atoms with E-state index in [1.165, 1.54) is 0 Å². The van der Waals surface area contributed by atoms with Gasteiger partial charge in [0.2, 0.25) is 0 Å². The number of rotatable bonds is 4. The summed E-state index contributed by atoms with van der Waals surface area (Å²) in [5, 5.41) is 3.07. The van der Waals surface area contributed by atoms with Gasteiger partial charge in [-0.3, -0.25) is 0 Å². The van der Waals surface area contributed by atoms with Gasteiger partial charge in [0.05, 0.1) is 38.8 Å². The number of benzene rings is 1. The van der Waals surface area contributed by atoms with Crippen LogP contribution in [0.25, 0.3) is 0 Å². The minimum atomic E-state index is 0.185. The highest BCUT2D eigenvalue weighted by Gasteiger charge is 2.19. The van der Waals surface area contributed by atoms with Gasteiger partial charge in [0.1, 0.15) is 11.5 Å². The first-order valence-electron chi connectivity index (χ1n) is 6.31. The lowest BCUT2D eigenvalue weighted by Gasteiger charge is -2.30. The second-order valence-electron chi connectivity index (χ2n) is 4.31. The number of hydrogen-bond donors (Lipinski definition) is 2. The first-order valence-corrected chi connectivity index (χ1v) is 6.71. The van der Waals surface area contributed by atoms with Crippen molar-refractivity contribution in [3.63, 3.8) is 0 Å². The number of methoxy groups -OCH3 is 2. The fourth-order valence-electron chi connectivity index (χ4n) is 2.16. The zero-order valence-corrected chi connectivity index (χ0v) is 12.5. The molecule has 0 unspecified atom stereocenters. The molecule has 1 aliphatic rings. The molecule has 1 fully saturated rings. The van der Waals surface area contributed by atoms with Gasteiger partial charge in [0.25, 0.3) is 0 Å². The van der Waals surface area contributed by atoms with E-state index >= 15 is 0 Å². The maximum absolute atomic E-state index is 5.52. The number of ether oxygens (including phenoxy) is 3. The molecule has 20 heavy (non-hydrogen) atoms. The van der Waals surface area contributed by atoms with E-state index in [1.54, 1.807) is 14.2 Å². The van der Waals surface area contributed by atoms with Crippen molar-refractivity contribution in [1.29, 1.82) is 0 Å². The molecule has 0 saturated carbocycles. The third-order valence-corrected chi connectivity index (χ3v) is 3.21. The summed E-state index contributed by atoms with van der Waals surface area (Å²) in [6, 6.07) is 3.76. The van der Waals surface area contributed by atoms with E-state index in [0.717, 1.165) is 24.5 Å². The lowest BCUT2D eigenvalue weighted by molar-refractivity contribution is 0.122. The van der Waals surface area contributed by atoms with Crippen molar-refractivity contribution in [2.45, 2.75) is 0 Å². The third-order valence-electron chi connectivity index (χ3n) is 3.11. The number of thiocarbonyl (C=S) groups is 1. The Bertz CT molecular complexity index is 490. The van der Waals surface area contributed by atoms with Crippen molar-refractivity contribution < 1.29 is 14.2 Å². The van der Waals surface area contributed by atoms with E-state index in [9.17, 15) is 0 Å². The van der Waals surface area contributed by atoms with Crippen LogP contribution in [0.5, 0.6) is 11.5 Å². The van der Waals surface area contributed by atoms with E-state index < -0.39 is 0 Å². The summed E-state index contributed by atoms with van der Waals surface area (Å²) in [6.07, 6.45) is 0. The average Bonchev–Trinajstić information content (AvgIpc) is 2.47. The summed E-state index contributed by atoms with van der Waals surface area (Å²) in [6.45, 7) is 3.06. The Hall–Kier alpha value is -1.73. The largest absolute Gasteiger partial charge is 0.494 e. The fraction of sp³-hybridized carbons (Fsp3) is 0.462. The Labute approximate surface area is 123 Å². The quantitative estimate of drug-likeness (QED) is 0.809. The van der Waals surface area contributed by atoms with E-state index in [-0.39, 0.29) is 5.11 Å². The van der Waals surface area contributed by atoms with Gasteiger partial charge in [0, 0.05) is 25.2 Å². The van der Waals surface area contributed by atoms with Gasteiger partial charge in [-0.1, -0.05) is 0 Å². The van der Waals surface area contributed by atoms with Gasteiger partial charge < -0.3 is 30.2 Å². The molecule has 1 aromatic rings. The van der Waals surface area contributed by atoms with Crippen LogP contribution in [0, 0.1) is 0 Å². The van der Waals surface area contributed by atoms with Crippen molar-refractivity contribution in [3.05, 3.63) is 12.1 Å². The Kier molecular flexibility index (Phi) is 4.86. The SMILES string of the molecule is COc1cc(N2CCOCC2)c(OC)cc1NC(N)=S. The number of morpholine rings is 1. The zero-order chi connectivity index (χ0) is 14.5. The lowest BCUT2D eigenvalue weighted by Crippen LogP contribution is -2.36. The maximum Gasteiger partial charge on any atom is 0.168 e. The summed E-state index contributed by atoms with van der Waals surface area (Å²) in [5.74, 6) is 1.41. The number of nitrogens with one attached hydrogen (secondary N) is 1. The summed E-state index contributed by atoms with van der Waals surface area (Å²) in [7, 11) is 3.24. The zero-order valence-electron chi connectivity index (χ0n) is 11.6. The van der Waals surface area contributed by atoms with E-state index in [1.807, 2.05) is 12.1 Å². The second kappa shape index (κ2) is 6.62. The molecule has 0 aromatic heterocycles. The van der Waals surface area contributed by atoms with E-state index in [4.69, 9.17) is 32.2 Å². The molecule has 0 atom stereocenters. The molecular weight excluding hydrogens is 278 g/mol. The monoisotopic (exact) mass is 297 g/mol. The van der Waals surface area contributed by atoms with Crippen molar-refractivity contribution >= 4 is 28.7 Å². The van der Waals surface area contributed by atoms with Gasteiger partial charge in [0.15, 0.2) is 5.11 Å². The molecule has 1 aliphatic heterocycles. The molecule has 0 spiro atoms. The van der Waals surface area contributed by atoms with Crippen LogP contribution in [-0.4, -0.2) is 45.6 Å². The normalized spacial score (nSPS) is 14.8. The molecule has 2 rings (SSSR count). The number of nitrogens with zero attached hydrogens (tertiary/aromatic N) is 1. The van der Waals surface area contributed by atoms with Crippen LogP contribution in [-0.2, 0) is 4.74 Å². The average molecular weight is 297 g/mol. The summed E-state index contributed by atoms with van der Waals surface area (Å²) in [4.78, 5) is 2.20. The molecule has 7 heteroatoms. The molecule has 0 amide bonds. The highest BCUT2D eigenvalue weighted by atomic mass is 32.1. The second-order valence-corrected chi connectivity index (χ2v) is 4.75. The molecule has 3 N–H and O–H groups in total. The Morgan fingerprint density at radius 2 is 1.90 bits per heavy atom. The van der Waals surface area contributed by atoms with E-state index in [2.05, 4.69) is 10.2 Å². The Morgan fingerprint density at radius 3 is 2.45 bits per heavy atom. The summed E-state index contributed by atoms with van der Waals surface area (Å²) in [5.41, 5.74) is 7.18. The number of hydrogen-bond acceptors (Lipinski definition) is 5. The van der Waals surface area contributed by atoms with Crippen LogP contribution in [0.2, 0.25) is 0 Å². The highest BCUT2D eigenvalue weighted by Crippen LogP contribution is 2.38. The minimum Gasteiger partial charge on any atom is -0.494 e.